The first-order valence-corrected chi connectivity index (χ1v) is 8.09. The molecule has 2 heterocycles. The first-order valence-electron chi connectivity index (χ1n) is 8.09. The molecular weight excluding hydrogens is 330 g/mol. The van der Waals surface area contributed by atoms with Crippen LogP contribution in [0.4, 0.5) is 17.5 Å². The summed E-state index contributed by atoms with van der Waals surface area (Å²) >= 11 is 0. The van der Waals surface area contributed by atoms with Crippen LogP contribution >= 0.6 is 0 Å². The van der Waals surface area contributed by atoms with Crippen molar-refractivity contribution in [3.05, 3.63) is 71.7 Å². The van der Waals surface area contributed by atoms with Gasteiger partial charge >= 0.3 is 5.97 Å². The lowest BCUT2D eigenvalue weighted by molar-refractivity contribution is 0.0601. The molecule has 3 aromatic rings. The zero-order chi connectivity index (χ0) is 18.4. The summed E-state index contributed by atoms with van der Waals surface area (Å²) in [6.07, 6.45) is 1.75. The van der Waals surface area contributed by atoms with Crippen molar-refractivity contribution in [1.29, 1.82) is 0 Å². The Bertz CT molecular complexity index is 899. The topological polar surface area (TPSA) is 89.0 Å². The molecule has 3 rings (SSSR count). The first-order chi connectivity index (χ1) is 12.6. The summed E-state index contributed by atoms with van der Waals surface area (Å²) in [6.45, 7) is 2.42. The number of anilines is 3. The highest BCUT2D eigenvalue weighted by atomic mass is 16.5. The molecule has 0 unspecified atom stereocenters. The van der Waals surface area contributed by atoms with Crippen molar-refractivity contribution in [2.75, 3.05) is 17.7 Å². The molecule has 132 valence electrons. The van der Waals surface area contributed by atoms with Gasteiger partial charge in [0.1, 0.15) is 5.82 Å². The molecule has 0 radical (unpaired) electrons. The van der Waals surface area contributed by atoms with Gasteiger partial charge in [-0.1, -0.05) is 12.1 Å². The number of benzene rings is 1. The lowest BCUT2D eigenvalue weighted by Gasteiger charge is -2.10. The number of rotatable bonds is 6. The number of carbonyl (C=O) groups excluding carboxylic acids is 1. The van der Waals surface area contributed by atoms with E-state index in [2.05, 4.69) is 25.6 Å². The van der Waals surface area contributed by atoms with E-state index in [9.17, 15) is 4.79 Å². The molecule has 0 atom stereocenters. The summed E-state index contributed by atoms with van der Waals surface area (Å²) in [6, 6.07) is 14.6. The average molecular weight is 349 g/mol. The molecule has 0 aliphatic carbocycles. The quantitative estimate of drug-likeness (QED) is 0.660. The largest absolute Gasteiger partial charge is 0.465 e. The number of nitrogens with one attached hydrogen (secondary N) is 2. The van der Waals surface area contributed by atoms with Crippen LogP contribution in [0.25, 0.3) is 0 Å². The Hall–Kier alpha value is -3.48. The van der Waals surface area contributed by atoms with Crippen molar-refractivity contribution in [2.24, 2.45) is 0 Å². The molecule has 2 aromatic heterocycles. The second kappa shape index (κ2) is 8.06. The van der Waals surface area contributed by atoms with E-state index >= 15 is 0 Å². The standard InChI is InChI=1S/C19H19N5O2/c1-13-10-17(23-15-8-5-6-14(11-15)18(25)26-2)24-19(22-13)21-12-16-7-3-4-9-20-16/h3-11H,12H2,1-2H3,(H2,21,22,23,24). The highest BCUT2D eigenvalue weighted by Gasteiger charge is 2.07. The van der Waals surface area contributed by atoms with E-state index < -0.39 is 0 Å². The van der Waals surface area contributed by atoms with Crippen molar-refractivity contribution >= 4 is 23.4 Å². The van der Waals surface area contributed by atoms with Gasteiger partial charge < -0.3 is 15.4 Å². The molecular formula is C19H19N5O2. The molecule has 7 heteroatoms. The van der Waals surface area contributed by atoms with Gasteiger partial charge in [0.05, 0.1) is 24.9 Å². The molecule has 0 aliphatic heterocycles. The minimum atomic E-state index is -0.384. The molecule has 1 aromatic carbocycles. The number of carbonyl (C=O) groups is 1. The van der Waals surface area contributed by atoms with Gasteiger partial charge in [-0.15, -0.1) is 0 Å². The fourth-order valence-electron chi connectivity index (χ4n) is 2.37. The van der Waals surface area contributed by atoms with Gasteiger partial charge in [0.15, 0.2) is 0 Å². The minimum Gasteiger partial charge on any atom is -0.465 e. The SMILES string of the molecule is COC(=O)c1cccc(Nc2cc(C)nc(NCc3ccccn3)n2)c1. The number of nitrogens with zero attached hydrogens (tertiary/aromatic N) is 3. The average Bonchev–Trinajstić information content (AvgIpc) is 2.66. The van der Waals surface area contributed by atoms with Crippen molar-refractivity contribution in [1.82, 2.24) is 15.0 Å². The van der Waals surface area contributed by atoms with Crippen LogP contribution < -0.4 is 10.6 Å². The van der Waals surface area contributed by atoms with E-state index in [-0.39, 0.29) is 5.97 Å². The van der Waals surface area contributed by atoms with Crippen LogP contribution in [-0.4, -0.2) is 28.0 Å². The van der Waals surface area contributed by atoms with Crippen LogP contribution in [0, 0.1) is 6.92 Å². The van der Waals surface area contributed by atoms with Crippen LogP contribution in [-0.2, 0) is 11.3 Å². The zero-order valence-electron chi connectivity index (χ0n) is 14.6. The van der Waals surface area contributed by atoms with Crippen LogP contribution in [0.3, 0.4) is 0 Å². The maximum absolute atomic E-state index is 11.7. The van der Waals surface area contributed by atoms with E-state index in [0.29, 0.717) is 23.9 Å². The number of ether oxygens (including phenoxy) is 1. The van der Waals surface area contributed by atoms with Crippen molar-refractivity contribution < 1.29 is 9.53 Å². The minimum absolute atomic E-state index is 0.384. The third kappa shape index (κ3) is 4.54. The monoisotopic (exact) mass is 349 g/mol. The Morgan fingerprint density at radius 1 is 1.12 bits per heavy atom. The highest BCUT2D eigenvalue weighted by molar-refractivity contribution is 5.90. The van der Waals surface area contributed by atoms with Gasteiger partial charge in [-0.25, -0.2) is 9.78 Å². The summed E-state index contributed by atoms with van der Waals surface area (Å²) < 4.78 is 4.75. The zero-order valence-corrected chi connectivity index (χ0v) is 14.6. The molecule has 0 saturated heterocycles. The fraction of sp³-hybridized carbons (Fsp3) is 0.158. The lowest BCUT2D eigenvalue weighted by Crippen LogP contribution is -2.07. The second-order valence-electron chi connectivity index (χ2n) is 5.59. The van der Waals surface area contributed by atoms with Gasteiger partial charge in [-0.3, -0.25) is 4.98 Å². The molecule has 2 N–H and O–H groups in total. The summed E-state index contributed by atoms with van der Waals surface area (Å²) in [4.78, 5) is 24.8. The number of hydrogen-bond donors (Lipinski definition) is 2. The van der Waals surface area contributed by atoms with E-state index in [1.807, 2.05) is 37.3 Å². The van der Waals surface area contributed by atoms with E-state index in [1.165, 1.54) is 7.11 Å². The molecule has 0 fully saturated rings. The highest BCUT2D eigenvalue weighted by Crippen LogP contribution is 2.18. The van der Waals surface area contributed by atoms with Gasteiger partial charge in [0.25, 0.3) is 0 Å². The first kappa shape index (κ1) is 17.3. The summed E-state index contributed by atoms with van der Waals surface area (Å²) in [7, 11) is 1.36. The summed E-state index contributed by atoms with van der Waals surface area (Å²) in [5.41, 5.74) is 2.92. The van der Waals surface area contributed by atoms with Crippen LogP contribution in [0.15, 0.2) is 54.7 Å². The number of aryl methyl sites for hydroxylation is 1. The summed E-state index contributed by atoms with van der Waals surface area (Å²) in [5, 5.41) is 6.36. The molecule has 0 bridgehead atoms. The normalized spacial score (nSPS) is 10.2. The number of hydrogen-bond acceptors (Lipinski definition) is 7. The van der Waals surface area contributed by atoms with Crippen LogP contribution in [0.2, 0.25) is 0 Å². The maximum Gasteiger partial charge on any atom is 0.337 e. The second-order valence-corrected chi connectivity index (χ2v) is 5.59. The molecule has 0 saturated carbocycles. The number of pyridine rings is 1. The summed E-state index contributed by atoms with van der Waals surface area (Å²) in [5.74, 6) is 0.746. The molecule has 7 nitrogen and oxygen atoms in total. The Balaban J connectivity index is 1.74. The number of aromatic nitrogens is 3. The predicted molar refractivity (Wildman–Crippen MR) is 99.4 cm³/mol. The number of esters is 1. The molecule has 0 spiro atoms. The fourth-order valence-corrected chi connectivity index (χ4v) is 2.37. The Kier molecular flexibility index (Phi) is 5.38. The predicted octanol–water partition coefficient (Wildman–Crippen LogP) is 3.32. The Morgan fingerprint density at radius 2 is 2.00 bits per heavy atom. The molecule has 0 amide bonds. The van der Waals surface area contributed by atoms with Gasteiger partial charge in [0.2, 0.25) is 5.95 Å². The van der Waals surface area contributed by atoms with Crippen molar-refractivity contribution in [2.45, 2.75) is 13.5 Å². The van der Waals surface area contributed by atoms with E-state index in [0.717, 1.165) is 17.1 Å². The smallest absolute Gasteiger partial charge is 0.337 e. The number of methoxy groups -OCH3 is 1. The maximum atomic E-state index is 11.7. The van der Waals surface area contributed by atoms with Gasteiger partial charge in [0, 0.05) is 23.6 Å². The van der Waals surface area contributed by atoms with Gasteiger partial charge in [-0.05, 0) is 37.3 Å². The lowest BCUT2D eigenvalue weighted by atomic mass is 10.2. The van der Waals surface area contributed by atoms with Crippen molar-refractivity contribution in [3.8, 4) is 0 Å². The van der Waals surface area contributed by atoms with E-state index in [4.69, 9.17) is 4.74 Å². The third-order valence-electron chi connectivity index (χ3n) is 3.56. The third-order valence-corrected chi connectivity index (χ3v) is 3.56. The molecule has 26 heavy (non-hydrogen) atoms. The van der Waals surface area contributed by atoms with Crippen molar-refractivity contribution in [3.63, 3.8) is 0 Å². The van der Waals surface area contributed by atoms with Crippen LogP contribution in [0.5, 0.6) is 0 Å². The Labute approximate surface area is 151 Å². The van der Waals surface area contributed by atoms with Crippen LogP contribution in [0.1, 0.15) is 21.7 Å². The molecule has 0 aliphatic rings. The Morgan fingerprint density at radius 3 is 2.77 bits per heavy atom. The van der Waals surface area contributed by atoms with Gasteiger partial charge in [-0.2, -0.15) is 4.98 Å². The van der Waals surface area contributed by atoms with E-state index in [1.54, 1.807) is 24.4 Å².